The summed E-state index contributed by atoms with van der Waals surface area (Å²) in [6, 6.07) is 12.1. The highest BCUT2D eigenvalue weighted by Gasteiger charge is 2.59. The molecular weight excluding hydrogens is 500 g/mol. The molecule has 1 amide bonds. The highest BCUT2D eigenvalue weighted by Crippen LogP contribution is 2.49. The van der Waals surface area contributed by atoms with Crippen molar-refractivity contribution < 1.29 is 31.1 Å². The third-order valence-electron chi connectivity index (χ3n) is 6.37. The number of carbonyl (C=O) groups is 1. The largest absolute Gasteiger partial charge is 0.416 e. The number of carbonyl (C=O) groups excluding carboxylic acids is 1. The Kier molecular flexibility index (Phi) is 7.11. The minimum Gasteiger partial charge on any atom is -0.334 e. The van der Waals surface area contributed by atoms with E-state index in [0.29, 0.717) is 11.1 Å². The third kappa shape index (κ3) is 5.67. The van der Waals surface area contributed by atoms with Crippen molar-refractivity contribution in [2.75, 3.05) is 0 Å². The van der Waals surface area contributed by atoms with Gasteiger partial charge in [-0.3, -0.25) is 4.79 Å². The minimum atomic E-state index is -4.88. The van der Waals surface area contributed by atoms with Gasteiger partial charge in [-0.05, 0) is 53.7 Å². The van der Waals surface area contributed by atoms with E-state index in [4.69, 9.17) is 0 Å². The molecule has 0 bridgehead atoms. The molecular formula is C25H23F6N5O. The van der Waals surface area contributed by atoms with Crippen molar-refractivity contribution in [2.45, 2.75) is 56.9 Å². The molecule has 196 valence electrons. The predicted molar refractivity (Wildman–Crippen MR) is 123 cm³/mol. The fraction of sp³-hybridized carbons (Fsp3) is 0.360. The second kappa shape index (κ2) is 9.98. The van der Waals surface area contributed by atoms with Crippen LogP contribution in [-0.2, 0) is 16.8 Å². The highest BCUT2D eigenvalue weighted by molar-refractivity contribution is 6.27. The number of aryl methyl sites for hydroxylation is 2. The molecule has 37 heavy (non-hydrogen) atoms. The van der Waals surface area contributed by atoms with Crippen molar-refractivity contribution in [3.8, 4) is 0 Å². The Hall–Kier alpha value is -3.70. The Morgan fingerprint density at radius 3 is 2.19 bits per heavy atom. The molecule has 12 heteroatoms. The average molecular weight is 523 g/mol. The molecule has 2 N–H and O–H groups in total. The normalized spacial score (nSPS) is 18.7. The molecule has 1 atom stereocenters. The Bertz CT molecular complexity index is 1260. The van der Waals surface area contributed by atoms with Crippen LogP contribution in [0.5, 0.6) is 0 Å². The van der Waals surface area contributed by atoms with Gasteiger partial charge < -0.3 is 5.32 Å². The van der Waals surface area contributed by atoms with E-state index >= 15 is 0 Å². The topological polar surface area (TPSA) is 83.6 Å². The summed E-state index contributed by atoms with van der Waals surface area (Å²) in [7, 11) is 0. The molecule has 0 saturated heterocycles. The van der Waals surface area contributed by atoms with Crippen LogP contribution in [0.3, 0.4) is 0 Å². The summed E-state index contributed by atoms with van der Waals surface area (Å²) in [6.45, 7) is 1.83. The Labute approximate surface area is 208 Å². The fourth-order valence-electron chi connectivity index (χ4n) is 4.42. The van der Waals surface area contributed by atoms with Gasteiger partial charge in [0.1, 0.15) is 0 Å². The first-order valence-corrected chi connectivity index (χ1v) is 11.5. The van der Waals surface area contributed by atoms with Crippen LogP contribution in [0.1, 0.15) is 53.8 Å². The molecule has 6 nitrogen and oxygen atoms in total. The van der Waals surface area contributed by atoms with E-state index in [0.717, 1.165) is 5.56 Å². The Morgan fingerprint density at radius 2 is 1.62 bits per heavy atom. The number of aromatic amines is 1. The van der Waals surface area contributed by atoms with Gasteiger partial charge in [0.15, 0.2) is 5.54 Å². The van der Waals surface area contributed by atoms with Gasteiger partial charge in [-0.15, -0.1) is 10.2 Å². The van der Waals surface area contributed by atoms with Crippen LogP contribution in [-0.4, -0.2) is 38.9 Å². The summed E-state index contributed by atoms with van der Waals surface area (Å²) in [4.78, 5) is 13.2. The number of tetrazole rings is 1. The summed E-state index contributed by atoms with van der Waals surface area (Å²) in [5.41, 5.74) is -1.03. The molecule has 0 unspecified atom stereocenters. The van der Waals surface area contributed by atoms with Crippen molar-refractivity contribution >= 4 is 17.1 Å². The molecule has 0 saturated carbocycles. The molecule has 0 aliphatic carbocycles. The van der Waals surface area contributed by atoms with Crippen LogP contribution in [0.2, 0.25) is 0 Å². The van der Waals surface area contributed by atoms with Gasteiger partial charge in [-0.25, -0.2) is 0 Å². The van der Waals surface area contributed by atoms with Crippen LogP contribution < -0.4 is 5.32 Å². The average Bonchev–Trinajstić information content (AvgIpc) is 3.35. The highest BCUT2D eigenvalue weighted by atomic mass is 19.4. The number of alkyl halides is 6. The predicted octanol–water partition coefficient (Wildman–Crippen LogP) is 5.67. The number of amides is 1. The number of nitrogens with zero attached hydrogens (tertiary/aromatic N) is 3. The van der Waals surface area contributed by atoms with Crippen LogP contribution in [0.4, 0.5) is 26.3 Å². The van der Waals surface area contributed by atoms with Crippen LogP contribution in [0.25, 0.3) is 11.1 Å². The van der Waals surface area contributed by atoms with E-state index in [1.165, 1.54) is 24.3 Å². The quantitative estimate of drug-likeness (QED) is 0.309. The molecule has 1 aliphatic heterocycles. The van der Waals surface area contributed by atoms with Crippen LogP contribution in [0.15, 0.2) is 48.5 Å². The third-order valence-corrected chi connectivity index (χ3v) is 6.37. The van der Waals surface area contributed by atoms with E-state index < -0.39 is 36.6 Å². The lowest BCUT2D eigenvalue weighted by Gasteiger charge is -2.41. The Balaban J connectivity index is 1.71. The van der Waals surface area contributed by atoms with Gasteiger partial charge in [-0.1, -0.05) is 54.1 Å². The number of H-pyrrole nitrogens is 1. The first kappa shape index (κ1) is 26.4. The minimum absolute atomic E-state index is 0.0721. The molecule has 0 fully saturated rings. The maximum Gasteiger partial charge on any atom is 0.416 e. The van der Waals surface area contributed by atoms with Crippen molar-refractivity contribution in [3.05, 3.63) is 76.6 Å². The van der Waals surface area contributed by atoms with Crippen molar-refractivity contribution in [1.29, 1.82) is 0 Å². The number of nitrogens with one attached hydrogen (secondary N) is 2. The molecule has 0 spiro atoms. The lowest BCUT2D eigenvalue weighted by molar-refractivity contribution is -0.201. The van der Waals surface area contributed by atoms with Crippen molar-refractivity contribution in [2.24, 2.45) is 0 Å². The molecule has 1 aromatic heterocycles. The lowest BCUT2D eigenvalue weighted by Crippen LogP contribution is -2.58. The number of hydrogen-bond donors (Lipinski definition) is 2. The van der Waals surface area contributed by atoms with Gasteiger partial charge >= 0.3 is 12.4 Å². The van der Waals surface area contributed by atoms with E-state index in [1.54, 1.807) is 24.3 Å². The molecule has 4 rings (SSSR count). The van der Waals surface area contributed by atoms with Crippen molar-refractivity contribution in [1.82, 2.24) is 25.9 Å². The molecule has 0 radical (unpaired) electrons. The van der Waals surface area contributed by atoms with Gasteiger partial charge in [0, 0.05) is 12.8 Å². The number of rotatable bonds is 7. The van der Waals surface area contributed by atoms with Gasteiger partial charge in [-0.2, -0.15) is 31.6 Å². The SMILES string of the molecule is Cc1ccc(C2=C(c3nn[nH]n3)C(=O)N[C@@](c3ccc(CCCCC(F)(F)F)cc3)(C(F)(F)F)C2)cc1. The zero-order chi connectivity index (χ0) is 26.8. The second-order valence-electron chi connectivity index (χ2n) is 9.01. The molecule has 1 aliphatic rings. The summed E-state index contributed by atoms with van der Waals surface area (Å²) in [6.07, 6.45) is -10.2. The van der Waals surface area contributed by atoms with E-state index in [9.17, 15) is 31.1 Å². The number of hydrogen-bond acceptors (Lipinski definition) is 4. The number of unbranched alkanes of at least 4 members (excludes halogenated alkanes) is 1. The van der Waals surface area contributed by atoms with E-state index in [2.05, 4.69) is 25.9 Å². The number of benzene rings is 2. The number of aromatic nitrogens is 4. The van der Waals surface area contributed by atoms with Crippen molar-refractivity contribution in [3.63, 3.8) is 0 Å². The summed E-state index contributed by atoms with van der Waals surface area (Å²) in [5, 5.41) is 15.4. The zero-order valence-electron chi connectivity index (χ0n) is 19.7. The molecule has 2 heterocycles. The summed E-state index contributed by atoms with van der Waals surface area (Å²) >= 11 is 0. The van der Waals surface area contributed by atoms with Crippen LogP contribution >= 0.6 is 0 Å². The summed E-state index contributed by atoms with van der Waals surface area (Å²) in [5.74, 6) is -1.13. The smallest absolute Gasteiger partial charge is 0.334 e. The Morgan fingerprint density at radius 1 is 0.946 bits per heavy atom. The second-order valence-corrected chi connectivity index (χ2v) is 9.01. The lowest BCUT2D eigenvalue weighted by atomic mass is 9.76. The number of halogens is 6. The zero-order valence-corrected chi connectivity index (χ0v) is 19.7. The maximum absolute atomic E-state index is 14.7. The maximum atomic E-state index is 14.7. The fourth-order valence-corrected chi connectivity index (χ4v) is 4.42. The summed E-state index contributed by atoms with van der Waals surface area (Å²) < 4.78 is 81.3. The van der Waals surface area contributed by atoms with Gasteiger partial charge in [0.25, 0.3) is 5.91 Å². The first-order valence-electron chi connectivity index (χ1n) is 11.5. The first-order chi connectivity index (χ1) is 17.4. The van der Waals surface area contributed by atoms with E-state index in [-0.39, 0.29) is 41.8 Å². The molecule has 3 aromatic rings. The van der Waals surface area contributed by atoms with Gasteiger partial charge in [0.05, 0.1) is 5.57 Å². The van der Waals surface area contributed by atoms with E-state index in [1.807, 2.05) is 6.92 Å². The van der Waals surface area contributed by atoms with Crippen LogP contribution in [0, 0.1) is 6.92 Å². The monoisotopic (exact) mass is 523 g/mol. The standard InChI is InChI=1S/C25H23F6N5O/c1-15-5-9-17(10-6-15)19-14-23(25(29,30)31,32-22(37)20(19)21-33-35-36-34-21)18-11-7-16(8-12-18)4-2-3-13-24(26,27)28/h5-12H,2-4,13-14H2,1H3,(H,32,37)(H,33,34,35,36)/t23-/m0/s1. The van der Waals surface area contributed by atoms with Gasteiger partial charge in [0.2, 0.25) is 5.82 Å². The molecule has 2 aromatic carbocycles.